The fourth-order valence-corrected chi connectivity index (χ4v) is 3.57. The third-order valence-corrected chi connectivity index (χ3v) is 5.19. The number of halogens is 1. The van der Waals surface area contributed by atoms with Gasteiger partial charge >= 0.3 is 0 Å². The summed E-state index contributed by atoms with van der Waals surface area (Å²) in [7, 11) is 1.61. The Morgan fingerprint density at radius 2 is 2.00 bits per heavy atom. The van der Waals surface area contributed by atoms with E-state index in [2.05, 4.69) is 25.5 Å². The first-order valence-corrected chi connectivity index (χ1v) is 9.65. The third kappa shape index (κ3) is 4.09. The van der Waals surface area contributed by atoms with E-state index in [1.807, 2.05) is 30.5 Å². The van der Waals surface area contributed by atoms with Gasteiger partial charge in [-0.05, 0) is 42.5 Å². The second-order valence-electron chi connectivity index (χ2n) is 6.83. The maximum absolute atomic E-state index is 11.6. The van der Waals surface area contributed by atoms with Crippen molar-refractivity contribution in [3.05, 3.63) is 70.5 Å². The van der Waals surface area contributed by atoms with Gasteiger partial charge in [-0.15, -0.1) is 0 Å². The molecule has 29 heavy (non-hydrogen) atoms. The van der Waals surface area contributed by atoms with Gasteiger partial charge in [-0.25, -0.2) is 9.97 Å². The molecule has 0 saturated carbocycles. The van der Waals surface area contributed by atoms with Crippen LogP contribution in [-0.4, -0.2) is 29.5 Å². The predicted molar refractivity (Wildman–Crippen MR) is 116 cm³/mol. The molecule has 3 aromatic rings. The summed E-state index contributed by atoms with van der Waals surface area (Å²) in [5.41, 5.74) is 11.0. The van der Waals surface area contributed by atoms with E-state index < -0.39 is 0 Å². The summed E-state index contributed by atoms with van der Waals surface area (Å²) >= 11 is 6.35. The quantitative estimate of drug-likeness (QED) is 0.573. The number of carbonyl (C=O) groups is 1. The number of rotatable bonds is 4. The number of anilines is 4. The minimum atomic E-state index is -0.119. The lowest BCUT2D eigenvalue weighted by Crippen LogP contribution is -2.31. The van der Waals surface area contributed by atoms with Gasteiger partial charge in [0.1, 0.15) is 0 Å². The van der Waals surface area contributed by atoms with Crippen molar-refractivity contribution in [3.63, 3.8) is 0 Å². The molecule has 2 aromatic carbocycles. The predicted octanol–water partition coefficient (Wildman–Crippen LogP) is 3.38. The molecular formula is C21H21ClN6O. The molecule has 0 atom stereocenters. The highest BCUT2D eigenvalue weighted by atomic mass is 35.5. The second-order valence-corrected chi connectivity index (χ2v) is 7.24. The molecule has 148 valence electrons. The number of hydrogen-bond donors (Lipinski definition) is 3. The summed E-state index contributed by atoms with van der Waals surface area (Å²) < 4.78 is 0. The maximum atomic E-state index is 11.6. The van der Waals surface area contributed by atoms with Gasteiger partial charge in [-0.1, -0.05) is 11.6 Å². The van der Waals surface area contributed by atoms with Crippen molar-refractivity contribution in [1.29, 1.82) is 0 Å². The standard InChI is InChI=1S/C21H21ClN6O/c1-24-20(29)13-2-5-16(6-3-13)26-21-25-11-14-12-28(9-8-18(14)27-21)19-10-15(23)4-7-17(19)22/h2-7,10-11H,8-9,12,23H2,1H3,(H,24,29)(H,25,26,27). The SMILES string of the molecule is CNC(=O)c1ccc(Nc2ncc3c(n2)CCN(c2cc(N)ccc2Cl)C3)cc1. The van der Waals surface area contributed by atoms with Gasteiger partial charge in [-0.3, -0.25) is 4.79 Å². The van der Waals surface area contributed by atoms with Crippen LogP contribution in [0.4, 0.5) is 23.0 Å². The lowest BCUT2D eigenvalue weighted by atomic mass is 10.1. The van der Waals surface area contributed by atoms with E-state index in [4.69, 9.17) is 17.3 Å². The highest BCUT2D eigenvalue weighted by Gasteiger charge is 2.20. The van der Waals surface area contributed by atoms with Gasteiger partial charge < -0.3 is 21.3 Å². The number of benzene rings is 2. The number of fused-ring (bicyclic) bond motifs is 1. The van der Waals surface area contributed by atoms with E-state index in [9.17, 15) is 4.79 Å². The Labute approximate surface area is 173 Å². The van der Waals surface area contributed by atoms with Crippen LogP contribution in [0.5, 0.6) is 0 Å². The van der Waals surface area contributed by atoms with Crippen LogP contribution in [0.15, 0.2) is 48.7 Å². The molecule has 1 aliphatic rings. The molecule has 1 amide bonds. The zero-order valence-corrected chi connectivity index (χ0v) is 16.7. The molecule has 1 aromatic heterocycles. The number of aromatic nitrogens is 2. The molecular weight excluding hydrogens is 388 g/mol. The number of nitrogens with one attached hydrogen (secondary N) is 2. The van der Waals surface area contributed by atoms with E-state index >= 15 is 0 Å². The Balaban J connectivity index is 1.49. The first-order chi connectivity index (χ1) is 14.0. The Bertz CT molecular complexity index is 1050. The molecule has 7 nitrogen and oxygen atoms in total. The Morgan fingerprint density at radius 3 is 2.76 bits per heavy atom. The molecule has 4 rings (SSSR count). The lowest BCUT2D eigenvalue weighted by Gasteiger charge is -2.30. The van der Waals surface area contributed by atoms with Crippen LogP contribution in [0, 0.1) is 0 Å². The number of nitrogens with two attached hydrogens (primary N) is 1. The Morgan fingerprint density at radius 1 is 1.21 bits per heavy atom. The summed E-state index contributed by atoms with van der Waals surface area (Å²) in [6, 6.07) is 12.7. The smallest absolute Gasteiger partial charge is 0.251 e. The minimum Gasteiger partial charge on any atom is -0.399 e. The van der Waals surface area contributed by atoms with Crippen LogP contribution in [0.2, 0.25) is 5.02 Å². The van der Waals surface area contributed by atoms with Crippen molar-refractivity contribution in [2.45, 2.75) is 13.0 Å². The highest BCUT2D eigenvalue weighted by Crippen LogP contribution is 2.31. The molecule has 4 N–H and O–H groups in total. The van der Waals surface area contributed by atoms with Crippen LogP contribution in [-0.2, 0) is 13.0 Å². The summed E-state index contributed by atoms with van der Waals surface area (Å²) in [6.07, 6.45) is 2.63. The van der Waals surface area contributed by atoms with Crippen LogP contribution in [0.3, 0.4) is 0 Å². The number of hydrogen-bond acceptors (Lipinski definition) is 6. The molecule has 0 unspecified atom stereocenters. The molecule has 0 saturated heterocycles. The zero-order chi connectivity index (χ0) is 20.4. The monoisotopic (exact) mass is 408 g/mol. The Kier molecular flexibility index (Phi) is 5.22. The van der Waals surface area contributed by atoms with Crippen molar-refractivity contribution in [2.24, 2.45) is 0 Å². The van der Waals surface area contributed by atoms with Crippen molar-refractivity contribution in [3.8, 4) is 0 Å². The highest BCUT2D eigenvalue weighted by molar-refractivity contribution is 6.33. The molecule has 1 aliphatic heterocycles. The first-order valence-electron chi connectivity index (χ1n) is 9.27. The van der Waals surface area contributed by atoms with Crippen molar-refractivity contribution < 1.29 is 4.79 Å². The van der Waals surface area contributed by atoms with Crippen LogP contribution in [0.1, 0.15) is 21.6 Å². The van der Waals surface area contributed by atoms with E-state index in [1.165, 1.54) is 0 Å². The average Bonchev–Trinajstić information content (AvgIpc) is 2.75. The maximum Gasteiger partial charge on any atom is 0.251 e. The van der Waals surface area contributed by atoms with E-state index in [0.717, 1.165) is 35.6 Å². The number of carbonyl (C=O) groups excluding carboxylic acids is 1. The average molecular weight is 409 g/mol. The zero-order valence-electron chi connectivity index (χ0n) is 15.9. The van der Waals surface area contributed by atoms with Gasteiger partial charge in [0.2, 0.25) is 5.95 Å². The van der Waals surface area contributed by atoms with Crippen molar-refractivity contribution in [2.75, 3.05) is 29.5 Å². The normalized spacial score (nSPS) is 13.0. The second kappa shape index (κ2) is 7.97. The number of amides is 1. The van der Waals surface area contributed by atoms with Crippen molar-refractivity contribution in [1.82, 2.24) is 15.3 Å². The molecule has 0 fully saturated rings. The molecule has 2 heterocycles. The summed E-state index contributed by atoms with van der Waals surface area (Å²) in [4.78, 5) is 22.9. The van der Waals surface area contributed by atoms with E-state index in [1.54, 1.807) is 25.2 Å². The van der Waals surface area contributed by atoms with Crippen LogP contribution >= 0.6 is 11.6 Å². The first kappa shape index (κ1) is 19.0. The van der Waals surface area contributed by atoms with Gasteiger partial charge in [0.15, 0.2) is 0 Å². The molecule has 8 heteroatoms. The van der Waals surface area contributed by atoms with Crippen LogP contribution < -0.4 is 21.3 Å². The van der Waals surface area contributed by atoms with Gasteiger partial charge in [0.25, 0.3) is 5.91 Å². The number of nitrogen functional groups attached to an aromatic ring is 1. The van der Waals surface area contributed by atoms with Crippen LogP contribution in [0.25, 0.3) is 0 Å². The largest absolute Gasteiger partial charge is 0.399 e. The lowest BCUT2D eigenvalue weighted by molar-refractivity contribution is 0.0963. The summed E-state index contributed by atoms with van der Waals surface area (Å²) in [6.45, 7) is 1.48. The fourth-order valence-electron chi connectivity index (χ4n) is 3.33. The molecule has 0 aliphatic carbocycles. The summed E-state index contributed by atoms with van der Waals surface area (Å²) in [5, 5.41) is 6.48. The molecule has 0 spiro atoms. The van der Waals surface area contributed by atoms with E-state index in [-0.39, 0.29) is 5.91 Å². The fraction of sp³-hybridized carbons (Fsp3) is 0.190. The molecule has 0 radical (unpaired) electrons. The third-order valence-electron chi connectivity index (χ3n) is 4.88. The molecule has 0 bridgehead atoms. The van der Waals surface area contributed by atoms with Gasteiger partial charge in [0.05, 0.1) is 16.4 Å². The topological polar surface area (TPSA) is 96.2 Å². The van der Waals surface area contributed by atoms with E-state index in [0.29, 0.717) is 28.8 Å². The van der Waals surface area contributed by atoms with Crippen molar-refractivity contribution >= 4 is 40.5 Å². The Hall–Kier alpha value is -3.32. The number of nitrogens with zero attached hydrogens (tertiary/aromatic N) is 3. The minimum absolute atomic E-state index is 0.119. The summed E-state index contributed by atoms with van der Waals surface area (Å²) in [5.74, 6) is 0.415. The van der Waals surface area contributed by atoms with Gasteiger partial charge in [-0.2, -0.15) is 0 Å². The van der Waals surface area contributed by atoms with Gasteiger partial charge in [0, 0.05) is 55.3 Å².